The van der Waals surface area contributed by atoms with Gasteiger partial charge in [0, 0.05) is 51.1 Å². The van der Waals surface area contributed by atoms with Gasteiger partial charge in [0.15, 0.2) is 0 Å². The number of aromatic amines is 1. The fourth-order valence-electron chi connectivity index (χ4n) is 4.25. The summed E-state index contributed by atoms with van der Waals surface area (Å²) in [6.07, 6.45) is 1.93. The smallest absolute Gasteiger partial charge is 0.269 e. The molecule has 5 aromatic rings. The quantitative estimate of drug-likeness (QED) is 0.193. The highest BCUT2D eigenvalue weighted by Gasteiger charge is 2.22. The zero-order valence-corrected chi connectivity index (χ0v) is 20.9. The van der Waals surface area contributed by atoms with E-state index in [1.165, 1.54) is 24.3 Å². The Kier molecular flexibility index (Phi) is 6.41. The Bertz CT molecular complexity index is 1680. The maximum absolute atomic E-state index is 13.5. The van der Waals surface area contributed by atoms with E-state index in [1.807, 2.05) is 42.6 Å². The summed E-state index contributed by atoms with van der Waals surface area (Å²) < 4.78 is 0.912. The van der Waals surface area contributed by atoms with Gasteiger partial charge in [0.1, 0.15) is 6.04 Å². The lowest BCUT2D eigenvalue weighted by Gasteiger charge is -2.17. The highest BCUT2D eigenvalue weighted by molar-refractivity contribution is 9.10. The first-order chi connectivity index (χ1) is 17.8. The highest BCUT2D eigenvalue weighted by atomic mass is 79.9. The van der Waals surface area contributed by atoms with Gasteiger partial charge in [-0.1, -0.05) is 46.3 Å². The fourth-order valence-corrected chi connectivity index (χ4v) is 4.62. The molecule has 10 heteroatoms. The van der Waals surface area contributed by atoms with Gasteiger partial charge in [-0.3, -0.25) is 19.7 Å². The van der Waals surface area contributed by atoms with E-state index in [4.69, 9.17) is 10.7 Å². The Labute approximate surface area is 219 Å². The molecule has 0 saturated carbocycles. The first kappa shape index (κ1) is 24.1. The van der Waals surface area contributed by atoms with Crippen molar-refractivity contribution in [2.45, 2.75) is 12.5 Å². The minimum atomic E-state index is -1.02. The topological polar surface area (TPSA) is 144 Å². The van der Waals surface area contributed by atoms with Crippen LogP contribution in [0.2, 0.25) is 0 Å². The minimum absolute atomic E-state index is 0.0662. The predicted molar refractivity (Wildman–Crippen MR) is 144 cm³/mol. The average Bonchev–Trinajstić information content (AvgIpc) is 3.30. The second-order valence-corrected chi connectivity index (χ2v) is 9.44. The van der Waals surface area contributed by atoms with Gasteiger partial charge in [0.05, 0.1) is 21.7 Å². The number of rotatable bonds is 7. The number of amides is 2. The first-order valence-electron chi connectivity index (χ1n) is 11.3. The van der Waals surface area contributed by atoms with Crippen molar-refractivity contribution in [1.29, 1.82) is 0 Å². The standard InChI is InChI=1S/C27H20BrN5O4/c28-16-7-10-22-19(12-16)21(14-30-22)24-13-20(18-3-1-2-4-23(18)31-24)27(35)32-25(26(29)34)11-15-5-8-17(9-6-15)33(36)37/h1-10,12-14,25,30H,11H2,(H2,29,34)(H,32,35). The third-order valence-corrected chi connectivity index (χ3v) is 6.61. The van der Waals surface area contributed by atoms with Crippen molar-refractivity contribution in [3.63, 3.8) is 0 Å². The van der Waals surface area contributed by atoms with Crippen LogP contribution in [0.3, 0.4) is 0 Å². The summed E-state index contributed by atoms with van der Waals surface area (Å²) in [7, 11) is 0. The molecule has 3 aromatic carbocycles. The van der Waals surface area contributed by atoms with Crippen LogP contribution >= 0.6 is 15.9 Å². The number of para-hydroxylation sites is 1. The predicted octanol–water partition coefficient (Wildman–Crippen LogP) is 4.88. The molecule has 0 fully saturated rings. The number of carbonyl (C=O) groups is 2. The second kappa shape index (κ2) is 9.82. The lowest BCUT2D eigenvalue weighted by molar-refractivity contribution is -0.384. The van der Waals surface area contributed by atoms with E-state index < -0.39 is 22.8 Å². The Balaban J connectivity index is 1.51. The van der Waals surface area contributed by atoms with Crippen molar-refractivity contribution in [1.82, 2.24) is 15.3 Å². The molecule has 0 radical (unpaired) electrons. The van der Waals surface area contributed by atoms with Crippen LogP contribution in [-0.4, -0.2) is 32.7 Å². The summed E-state index contributed by atoms with van der Waals surface area (Å²) in [4.78, 5) is 44.1. The third kappa shape index (κ3) is 4.91. The molecular formula is C27H20BrN5O4. The number of nitro benzene ring substituents is 1. The number of primary amides is 1. The molecule has 0 bridgehead atoms. The number of nitrogens with one attached hydrogen (secondary N) is 2. The number of nitro groups is 1. The second-order valence-electron chi connectivity index (χ2n) is 8.52. The van der Waals surface area contributed by atoms with Crippen LogP contribution in [0.15, 0.2) is 83.5 Å². The SMILES string of the molecule is NC(=O)C(Cc1ccc([N+](=O)[O-])cc1)NC(=O)c1cc(-c2c[nH]c3ccc(Br)cc23)nc2ccccc12. The number of hydrogen-bond donors (Lipinski definition) is 3. The Hall–Kier alpha value is -4.57. The van der Waals surface area contributed by atoms with Crippen molar-refractivity contribution in [2.24, 2.45) is 5.73 Å². The molecule has 184 valence electrons. The van der Waals surface area contributed by atoms with Crippen LogP contribution in [0.25, 0.3) is 33.1 Å². The lowest BCUT2D eigenvalue weighted by atomic mass is 10.0. The number of benzene rings is 3. The summed E-state index contributed by atoms with van der Waals surface area (Å²) in [5.41, 5.74) is 9.48. The number of hydrogen-bond acceptors (Lipinski definition) is 5. The van der Waals surface area contributed by atoms with Gasteiger partial charge in [-0.25, -0.2) is 4.98 Å². The normalized spacial score (nSPS) is 11.9. The van der Waals surface area contributed by atoms with Gasteiger partial charge in [-0.2, -0.15) is 0 Å². The van der Waals surface area contributed by atoms with Gasteiger partial charge in [-0.15, -0.1) is 0 Å². The number of non-ortho nitro benzene ring substituents is 1. The van der Waals surface area contributed by atoms with E-state index in [-0.39, 0.29) is 12.1 Å². The maximum atomic E-state index is 13.5. The molecular weight excluding hydrogens is 538 g/mol. The number of halogens is 1. The van der Waals surface area contributed by atoms with Crippen LogP contribution in [-0.2, 0) is 11.2 Å². The molecule has 0 aliphatic rings. The van der Waals surface area contributed by atoms with Crippen LogP contribution in [0.5, 0.6) is 0 Å². The molecule has 1 atom stereocenters. The summed E-state index contributed by atoms with van der Waals surface area (Å²) in [6.45, 7) is 0. The summed E-state index contributed by atoms with van der Waals surface area (Å²) in [5.74, 6) is -1.20. The number of nitrogens with zero attached hydrogens (tertiary/aromatic N) is 2. The molecule has 0 aliphatic carbocycles. The number of nitrogens with two attached hydrogens (primary N) is 1. The molecule has 0 saturated heterocycles. The van der Waals surface area contributed by atoms with Crippen LogP contribution in [0, 0.1) is 10.1 Å². The van der Waals surface area contributed by atoms with Crippen molar-refractivity contribution in [2.75, 3.05) is 0 Å². The van der Waals surface area contributed by atoms with Crippen molar-refractivity contribution in [3.05, 3.63) is 105 Å². The number of aromatic nitrogens is 2. The Morgan fingerprint density at radius 1 is 1.05 bits per heavy atom. The molecule has 2 aromatic heterocycles. The van der Waals surface area contributed by atoms with E-state index in [2.05, 4.69) is 26.2 Å². The van der Waals surface area contributed by atoms with Gasteiger partial charge >= 0.3 is 0 Å². The largest absolute Gasteiger partial charge is 0.368 e. The summed E-state index contributed by atoms with van der Waals surface area (Å²) in [5, 5.41) is 15.2. The zero-order chi connectivity index (χ0) is 26.1. The van der Waals surface area contributed by atoms with Crippen molar-refractivity contribution in [3.8, 4) is 11.3 Å². The molecule has 9 nitrogen and oxygen atoms in total. The number of H-pyrrole nitrogens is 1. The third-order valence-electron chi connectivity index (χ3n) is 6.12. The molecule has 2 amide bonds. The molecule has 0 spiro atoms. The summed E-state index contributed by atoms with van der Waals surface area (Å²) >= 11 is 3.50. The van der Waals surface area contributed by atoms with Gasteiger partial charge in [-0.05, 0) is 35.9 Å². The summed E-state index contributed by atoms with van der Waals surface area (Å²) in [6, 6.07) is 19.6. The zero-order valence-electron chi connectivity index (χ0n) is 19.3. The molecule has 0 aliphatic heterocycles. The van der Waals surface area contributed by atoms with Crippen LogP contribution < -0.4 is 11.1 Å². The molecule has 2 heterocycles. The Morgan fingerprint density at radius 2 is 1.81 bits per heavy atom. The minimum Gasteiger partial charge on any atom is -0.368 e. The van der Waals surface area contributed by atoms with Crippen LogP contribution in [0.1, 0.15) is 15.9 Å². The molecule has 1 unspecified atom stereocenters. The monoisotopic (exact) mass is 557 g/mol. The number of carbonyl (C=O) groups excluding carboxylic acids is 2. The van der Waals surface area contributed by atoms with Crippen LogP contribution in [0.4, 0.5) is 5.69 Å². The lowest BCUT2D eigenvalue weighted by Crippen LogP contribution is -2.45. The van der Waals surface area contributed by atoms with Gasteiger partial charge in [0.25, 0.3) is 11.6 Å². The number of pyridine rings is 1. The van der Waals surface area contributed by atoms with Crippen molar-refractivity contribution >= 4 is 55.2 Å². The van der Waals surface area contributed by atoms with E-state index in [0.717, 1.165) is 20.9 Å². The number of fused-ring (bicyclic) bond motifs is 2. The van der Waals surface area contributed by atoms with Gasteiger partial charge in [0.2, 0.25) is 5.91 Å². The maximum Gasteiger partial charge on any atom is 0.269 e. The highest BCUT2D eigenvalue weighted by Crippen LogP contribution is 2.32. The molecule has 5 rings (SSSR count). The average molecular weight is 558 g/mol. The van der Waals surface area contributed by atoms with E-state index in [9.17, 15) is 19.7 Å². The Morgan fingerprint density at radius 3 is 2.54 bits per heavy atom. The van der Waals surface area contributed by atoms with E-state index in [0.29, 0.717) is 27.7 Å². The van der Waals surface area contributed by atoms with E-state index >= 15 is 0 Å². The molecule has 37 heavy (non-hydrogen) atoms. The fraction of sp³-hybridized carbons (Fsp3) is 0.0741. The molecule has 4 N–H and O–H groups in total. The first-order valence-corrected chi connectivity index (χ1v) is 12.1. The van der Waals surface area contributed by atoms with E-state index in [1.54, 1.807) is 12.1 Å². The van der Waals surface area contributed by atoms with Crippen molar-refractivity contribution < 1.29 is 14.5 Å². The van der Waals surface area contributed by atoms with Gasteiger partial charge < -0.3 is 16.0 Å².